The third kappa shape index (κ3) is 4.18. The van der Waals surface area contributed by atoms with Gasteiger partial charge in [0.15, 0.2) is 0 Å². The average molecular weight is 465 g/mol. The van der Waals surface area contributed by atoms with Crippen LogP contribution in [0, 0.1) is 0 Å². The van der Waals surface area contributed by atoms with Crippen LogP contribution in [0.3, 0.4) is 0 Å². The molecule has 0 aromatic rings. The number of hydrogen-bond acceptors (Lipinski definition) is 4. The van der Waals surface area contributed by atoms with Gasteiger partial charge in [-0.05, 0) is 75.5 Å². The largest absolute Gasteiger partial charge is 0.365 e. The lowest BCUT2D eigenvalue weighted by Gasteiger charge is -2.37. The molecule has 8 aliphatic rings. The Bertz CT molecular complexity index is 821. The van der Waals surface area contributed by atoms with Crippen molar-refractivity contribution in [2.24, 2.45) is 0 Å². The molecule has 4 aliphatic carbocycles. The van der Waals surface area contributed by atoms with E-state index in [1.54, 1.807) is 22.3 Å². The van der Waals surface area contributed by atoms with Crippen LogP contribution >= 0.6 is 0 Å². The highest BCUT2D eigenvalue weighted by Crippen LogP contribution is 2.49. The molecule has 0 aromatic heterocycles. The van der Waals surface area contributed by atoms with Crippen LogP contribution in [-0.2, 0) is 18.9 Å². The SMILES string of the molecule is C1=C(C[Si](CC2=CC3OC3CC2)(CC2=CC3OC3CC2)CC2=CC3OC3CC2)CCC2OC12. The van der Waals surface area contributed by atoms with Crippen LogP contribution in [-0.4, -0.2) is 56.9 Å². The van der Waals surface area contributed by atoms with E-state index in [1.807, 2.05) is 0 Å². The third-order valence-corrected chi connectivity index (χ3v) is 14.3. The Morgan fingerprint density at radius 3 is 1.00 bits per heavy atom. The van der Waals surface area contributed by atoms with E-state index in [2.05, 4.69) is 24.3 Å². The molecular formula is C28H36O4Si. The first kappa shape index (κ1) is 20.2. The zero-order chi connectivity index (χ0) is 21.6. The number of hydrogen-bond donors (Lipinski definition) is 0. The predicted molar refractivity (Wildman–Crippen MR) is 129 cm³/mol. The molecule has 8 atom stereocenters. The highest BCUT2D eigenvalue weighted by Gasteiger charge is 2.47. The van der Waals surface area contributed by atoms with E-state index >= 15 is 0 Å². The minimum atomic E-state index is -1.68. The van der Waals surface area contributed by atoms with Crippen molar-refractivity contribution < 1.29 is 18.9 Å². The summed E-state index contributed by atoms with van der Waals surface area (Å²) in [5.74, 6) is 0. The number of fused-ring (bicyclic) bond motifs is 4. The topological polar surface area (TPSA) is 50.1 Å². The van der Waals surface area contributed by atoms with Gasteiger partial charge in [-0.1, -0.05) is 46.6 Å². The van der Waals surface area contributed by atoms with E-state index in [9.17, 15) is 0 Å². The third-order valence-electron chi connectivity index (χ3n) is 9.50. The molecule has 0 saturated carbocycles. The molecule has 5 heteroatoms. The van der Waals surface area contributed by atoms with Crippen molar-refractivity contribution in [3.8, 4) is 0 Å². The van der Waals surface area contributed by atoms with Gasteiger partial charge < -0.3 is 18.9 Å². The maximum Gasteiger partial charge on any atom is 0.103 e. The molecule has 33 heavy (non-hydrogen) atoms. The Labute approximate surface area is 198 Å². The van der Waals surface area contributed by atoms with Crippen LogP contribution in [0.5, 0.6) is 0 Å². The minimum absolute atomic E-state index is 0.430. The molecule has 4 nitrogen and oxygen atoms in total. The van der Waals surface area contributed by atoms with E-state index in [1.165, 1.54) is 75.5 Å². The molecule has 4 fully saturated rings. The lowest BCUT2D eigenvalue weighted by Crippen LogP contribution is -2.37. The average Bonchev–Trinajstić information content (AvgIpc) is 3.60. The van der Waals surface area contributed by atoms with Crippen molar-refractivity contribution in [2.75, 3.05) is 0 Å². The molecule has 176 valence electrons. The summed E-state index contributed by atoms with van der Waals surface area (Å²) >= 11 is 0. The summed E-state index contributed by atoms with van der Waals surface area (Å²) in [5, 5.41) is 0. The zero-order valence-corrected chi connectivity index (χ0v) is 20.5. The van der Waals surface area contributed by atoms with Crippen molar-refractivity contribution in [2.45, 2.75) is 124 Å². The van der Waals surface area contributed by atoms with Crippen LogP contribution in [0.2, 0.25) is 24.2 Å². The molecule has 4 heterocycles. The van der Waals surface area contributed by atoms with Gasteiger partial charge in [0.05, 0.1) is 32.5 Å². The van der Waals surface area contributed by atoms with Gasteiger partial charge in [-0.3, -0.25) is 0 Å². The highest BCUT2D eigenvalue weighted by molar-refractivity contribution is 6.82. The van der Waals surface area contributed by atoms with Crippen molar-refractivity contribution in [1.82, 2.24) is 0 Å². The summed E-state index contributed by atoms with van der Waals surface area (Å²) < 4.78 is 23.5. The van der Waals surface area contributed by atoms with Crippen LogP contribution in [0.25, 0.3) is 0 Å². The normalized spacial score (nSPS) is 45.6. The second kappa shape index (κ2) is 7.51. The molecule has 0 radical (unpaired) electrons. The lowest BCUT2D eigenvalue weighted by atomic mass is 10.0. The van der Waals surface area contributed by atoms with Crippen molar-refractivity contribution in [1.29, 1.82) is 0 Å². The van der Waals surface area contributed by atoms with E-state index in [0.717, 1.165) is 0 Å². The van der Waals surface area contributed by atoms with Gasteiger partial charge in [-0.15, -0.1) is 0 Å². The Balaban J connectivity index is 1.13. The quantitative estimate of drug-likeness (QED) is 0.275. The standard InChI is InChI=1S/C28H36O4Si/c1-5-21-25(29-21)9-17(1)13-33(14-18-2-6-22-26(10-18)30-22,15-19-3-7-23-27(11-19)31-23)16-20-4-8-24-28(12-20)32-24/h9-12,21-28H,1-8,13-16H2. The molecular weight excluding hydrogens is 428 g/mol. The van der Waals surface area contributed by atoms with Gasteiger partial charge in [-0.25, -0.2) is 0 Å². The smallest absolute Gasteiger partial charge is 0.103 e. The summed E-state index contributed by atoms with van der Waals surface area (Å²) in [6.45, 7) is 0. The fourth-order valence-corrected chi connectivity index (χ4v) is 13.4. The summed E-state index contributed by atoms with van der Waals surface area (Å²) in [4.78, 5) is 0. The highest BCUT2D eigenvalue weighted by atomic mass is 28.3. The molecule has 0 amide bonds. The monoisotopic (exact) mass is 464 g/mol. The molecule has 8 rings (SSSR count). The first-order chi connectivity index (χ1) is 16.2. The molecule has 4 aliphatic heterocycles. The van der Waals surface area contributed by atoms with Gasteiger partial charge in [0, 0.05) is 0 Å². The summed E-state index contributed by atoms with van der Waals surface area (Å²) in [5.41, 5.74) is 6.86. The first-order valence-electron chi connectivity index (χ1n) is 13.6. The molecule has 0 aromatic carbocycles. The molecule has 4 saturated heterocycles. The Morgan fingerprint density at radius 1 is 0.485 bits per heavy atom. The van der Waals surface area contributed by atoms with E-state index in [4.69, 9.17) is 18.9 Å². The van der Waals surface area contributed by atoms with E-state index in [0.29, 0.717) is 48.8 Å². The molecule has 8 unspecified atom stereocenters. The zero-order valence-electron chi connectivity index (χ0n) is 19.5. The Morgan fingerprint density at radius 2 is 0.758 bits per heavy atom. The van der Waals surface area contributed by atoms with E-state index < -0.39 is 8.07 Å². The number of epoxide rings is 4. The summed E-state index contributed by atoms with van der Waals surface area (Å²) in [6.07, 6.45) is 23.9. The van der Waals surface area contributed by atoms with Crippen molar-refractivity contribution in [3.63, 3.8) is 0 Å². The fourth-order valence-electron chi connectivity index (χ4n) is 7.61. The second-order valence-corrected chi connectivity index (χ2v) is 16.6. The summed E-state index contributed by atoms with van der Waals surface area (Å²) in [7, 11) is -1.68. The number of rotatable bonds is 8. The maximum absolute atomic E-state index is 5.89. The Kier molecular flexibility index (Phi) is 4.60. The number of allylic oxidation sites excluding steroid dienone is 4. The Hall–Kier alpha value is -0.983. The minimum Gasteiger partial charge on any atom is -0.365 e. The summed E-state index contributed by atoms with van der Waals surface area (Å²) in [6, 6.07) is 5.41. The van der Waals surface area contributed by atoms with Gasteiger partial charge in [-0.2, -0.15) is 0 Å². The van der Waals surface area contributed by atoms with Gasteiger partial charge in [0.2, 0.25) is 0 Å². The van der Waals surface area contributed by atoms with Gasteiger partial charge >= 0.3 is 0 Å². The second-order valence-electron chi connectivity index (χ2n) is 12.2. The van der Waals surface area contributed by atoms with Gasteiger partial charge in [0.1, 0.15) is 24.4 Å². The van der Waals surface area contributed by atoms with Crippen LogP contribution in [0.15, 0.2) is 46.6 Å². The van der Waals surface area contributed by atoms with Gasteiger partial charge in [0.25, 0.3) is 0 Å². The molecule has 0 N–H and O–H groups in total. The number of ether oxygens (including phenoxy) is 4. The van der Waals surface area contributed by atoms with Crippen LogP contribution in [0.4, 0.5) is 0 Å². The van der Waals surface area contributed by atoms with Crippen molar-refractivity contribution >= 4 is 8.07 Å². The van der Waals surface area contributed by atoms with Crippen LogP contribution < -0.4 is 0 Å². The molecule has 0 spiro atoms. The van der Waals surface area contributed by atoms with Crippen molar-refractivity contribution in [3.05, 3.63) is 46.6 Å². The first-order valence-corrected chi connectivity index (χ1v) is 16.4. The predicted octanol–water partition coefficient (Wildman–Crippen LogP) is 5.39. The lowest BCUT2D eigenvalue weighted by molar-refractivity contribution is 0.384. The molecule has 0 bridgehead atoms. The fraction of sp³-hybridized carbons (Fsp3) is 0.714. The maximum atomic E-state index is 5.89. The van der Waals surface area contributed by atoms with Crippen LogP contribution in [0.1, 0.15) is 51.4 Å². The van der Waals surface area contributed by atoms with E-state index in [-0.39, 0.29) is 0 Å².